The standard InChI is InChI=1S/C12H16N2O3/c1-12(2)8-13-5-6-14(12)11(16)9-3-4-10(15)17-7-9/h3-4,7,13H,5-6,8H2,1-2H3. The van der Waals surface area contributed by atoms with Crippen molar-refractivity contribution in [3.63, 3.8) is 0 Å². The lowest BCUT2D eigenvalue weighted by molar-refractivity contribution is 0.0475. The molecule has 0 unspecified atom stereocenters. The number of amides is 1. The third kappa shape index (κ3) is 2.39. The lowest BCUT2D eigenvalue weighted by Gasteiger charge is -2.42. The maximum atomic E-state index is 12.3. The molecule has 0 atom stereocenters. The summed E-state index contributed by atoms with van der Waals surface area (Å²) in [6.07, 6.45) is 1.22. The van der Waals surface area contributed by atoms with Gasteiger partial charge in [0.25, 0.3) is 5.91 Å². The topological polar surface area (TPSA) is 62.6 Å². The van der Waals surface area contributed by atoms with E-state index in [4.69, 9.17) is 4.42 Å². The first-order valence-corrected chi connectivity index (χ1v) is 5.62. The molecular formula is C12H16N2O3. The van der Waals surface area contributed by atoms with Crippen LogP contribution in [0.15, 0.2) is 27.6 Å². The molecule has 1 aliphatic heterocycles. The number of nitrogens with zero attached hydrogens (tertiary/aromatic N) is 1. The van der Waals surface area contributed by atoms with Crippen LogP contribution in [0.5, 0.6) is 0 Å². The first-order chi connectivity index (χ1) is 8.00. The first kappa shape index (κ1) is 11.9. The fourth-order valence-electron chi connectivity index (χ4n) is 2.00. The van der Waals surface area contributed by atoms with Crippen LogP contribution < -0.4 is 10.9 Å². The number of rotatable bonds is 1. The van der Waals surface area contributed by atoms with E-state index in [1.807, 2.05) is 13.8 Å². The molecule has 2 rings (SSSR count). The van der Waals surface area contributed by atoms with E-state index in [0.717, 1.165) is 13.1 Å². The number of hydrogen-bond donors (Lipinski definition) is 1. The van der Waals surface area contributed by atoms with Crippen LogP contribution in [-0.4, -0.2) is 36.0 Å². The van der Waals surface area contributed by atoms with E-state index in [2.05, 4.69) is 5.32 Å². The van der Waals surface area contributed by atoms with Gasteiger partial charge >= 0.3 is 5.63 Å². The second-order valence-electron chi connectivity index (χ2n) is 4.79. The largest absolute Gasteiger partial charge is 0.430 e. The molecule has 0 bridgehead atoms. The second kappa shape index (κ2) is 4.33. The first-order valence-electron chi connectivity index (χ1n) is 5.62. The van der Waals surface area contributed by atoms with Gasteiger partial charge in [-0.3, -0.25) is 4.79 Å². The summed E-state index contributed by atoms with van der Waals surface area (Å²) in [6, 6.07) is 2.77. The van der Waals surface area contributed by atoms with Crippen LogP contribution in [0.3, 0.4) is 0 Å². The molecule has 1 aromatic heterocycles. The van der Waals surface area contributed by atoms with Crippen molar-refractivity contribution >= 4 is 5.91 Å². The zero-order chi connectivity index (χ0) is 12.5. The Morgan fingerprint density at radius 2 is 2.24 bits per heavy atom. The highest BCUT2D eigenvalue weighted by Crippen LogP contribution is 2.18. The van der Waals surface area contributed by atoms with E-state index >= 15 is 0 Å². The van der Waals surface area contributed by atoms with Gasteiger partial charge in [0.1, 0.15) is 6.26 Å². The Bertz CT molecular complexity index is 458. The van der Waals surface area contributed by atoms with Gasteiger partial charge < -0.3 is 14.6 Å². The van der Waals surface area contributed by atoms with Crippen LogP contribution in [0, 0.1) is 0 Å². The second-order valence-corrected chi connectivity index (χ2v) is 4.79. The SMILES string of the molecule is CC1(C)CNCCN1C(=O)c1ccc(=O)oc1. The summed E-state index contributed by atoms with van der Waals surface area (Å²) in [5, 5.41) is 3.25. The zero-order valence-electron chi connectivity index (χ0n) is 10.0. The number of carbonyl (C=O) groups excluding carboxylic acids is 1. The van der Waals surface area contributed by atoms with Gasteiger partial charge in [-0.1, -0.05) is 0 Å². The van der Waals surface area contributed by atoms with Gasteiger partial charge in [-0.2, -0.15) is 0 Å². The lowest BCUT2D eigenvalue weighted by Crippen LogP contribution is -2.59. The number of carbonyl (C=O) groups is 1. The van der Waals surface area contributed by atoms with E-state index < -0.39 is 5.63 Å². The molecule has 0 aliphatic carbocycles. The Balaban J connectivity index is 2.24. The Morgan fingerprint density at radius 3 is 2.82 bits per heavy atom. The van der Waals surface area contributed by atoms with E-state index in [1.54, 1.807) is 4.90 Å². The molecule has 1 aromatic rings. The van der Waals surface area contributed by atoms with Crippen molar-refractivity contribution in [2.24, 2.45) is 0 Å². The molecule has 1 amide bonds. The van der Waals surface area contributed by atoms with Crippen LogP contribution in [0.25, 0.3) is 0 Å². The maximum Gasteiger partial charge on any atom is 0.335 e. The van der Waals surface area contributed by atoms with Crippen molar-refractivity contribution in [1.82, 2.24) is 10.2 Å². The highest BCUT2D eigenvalue weighted by Gasteiger charge is 2.33. The molecule has 2 heterocycles. The van der Waals surface area contributed by atoms with Crippen molar-refractivity contribution in [3.05, 3.63) is 34.4 Å². The summed E-state index contributed by atoms with van der Waals surface area (Å²) in [4.78, 5) is 24.9. The fraction of sp³-hybridized carbons (Fsp3) is 0.500. The van der Waals surface area contributed by atoms with Crippen molar-refractivity contribution in [2.75, 3.05) is 19.6 Å². The summed E-state index contributed by atoms with van der Waals surface area (Å²) in [6.45, 7) is 6.22. The monoisotopic (exact) mass is 236 g/mol. The molecular weight excluding hydrogens is 220 g/mol. The Labute approximate surface area is 99.4 Å². The molecule has 92 valence electrons. The van der Waals surface area contributed by atoms with Crippen molar-refractivity contribution in [1.29, 1.82) is 0 Å². The summed E-state index contributed by atoms with van der Waals surface area (Å²) in [5.74, 6) is -0.0970. The van der Waals surface area contributed by atoms with Crippen LogP contribution >= 0.6 is 0 Å². The molecule has 0 saturated carbocycles. The van der Waals surface area contributed by atoms with Crippen molar-refractivity contribution < 1.29 is 9.21 Å². The lowest BCUT2D eigenvalue weighted by atomic mass is 9.99. The number of hydrogen-bond acceptors (Lipinski definition) is 4. The van der Waals surface area contributed by atoms with Gasteiger partial charge in [-0.25, -0.2) is 4.79 Å². The molecule has 1 N–H and O–H groups in total. The van der Waals surface area contributed by atoms with Crippen LogP contribution in [-0.2, 0) is 0 Å². The van der Waals surface area contributed by atoms with Crippen LogP contribution in [0.2, 0.25) is 0 Å². The molecule has 0 spiro atoms. The van der Waals surface area contributed by atoms with E-state index in [1.165, 1.54) is 18.4 Å². The predicted molar refractivity (Wildman–Crippen MR) is 63.0 cm³/mol. The van der Waals surface area contributed by atoms with E-state index in [0.29, 0.717) is 12.1 Å². The summed E-state index contributed by atoms with van der Waals surface area (Å²) >= 11 is 0. The average Bonchev–Trinajstić information content (AvgIpc) is 2.28. The van der Waals surface area contributed by atoms with Gasteiger partial charge in [0.05, 0.1) is 11.1 Å². The highest BCUT2D eigenvalue weighted by molar-refractivity contribution is 5.94. The summed E-state index contributed by atoms with van der Waals surface area (Å²) in [5.41, 5.74) is -0.258. The molecule has 5 heteroatoms. The molecule has 1 aliphatic rings. The van der Waals surface area contributed by atoms with Crippen LogP contribution in [0.1, 0.15) is 24.2 Å². The maximum absolute atomic E-state index is 12.3. The van der Waals surface area contributed by atoms with Crippen molar-refractivity contribution in [2.45, 2.75) is 19.4 Å². The van der Waals surface area contributed by atoms with Gasteiger partial charge in [0.15, 0.2) is 0 Å². The average molecular weight is 236 g/mol. The van der Waals surface area contributed by atoms with E-state index in [9.17, 15) is 9.59 Å². The predicted octanol–water partition coefficient (Wildman–Crippen LogP) is 0.464. The minimum atomic E-state index is -0.443. The van der Waals surface area contributed by atoms with Gasteiger partial charge in [0.2, 0.25) is 0 Å². The van der Waals surface area contributed by atoms with Crippen molar-refractivity contribution in [3.8, 4) is 0 Å². The molecule has 0 aromatic carbocycles. The quantitative estimate of drug-likeness (QED) is 0.769. The number of piperazine rings is 1. The molecule has 17 heavy (non-hydrogen) atoms. The summed E-state index contributed by atoms with van der Waals surface area (Å²) < 4.78 is 4.72. The summed E-state index contributed by atoms with van der Waals surface area (Å²) in [7, 11) is 0. The minimum Gasteiger partial charge on any atom is -0.430 e. The van der Waals surface area contributed by atoms with Gasteiger partial charge in [-0.15, -0.1) is 0 Å². The third-order valence-corrected chi connectivity index (χ3v) is 2.99. The van der Waals surface area contributed by atoms with Gasteiger partial charge in [-0.05, 0) is 19.9 Å². The van der Waals surface area contributed by atoms with E-state index in [-0.39, 0.29) is 11.4 Å². The minimum absolute atomic E-state index is 0.0970. The Kier molecular flexibility index (Phi) is 3.02. The smallest absolute Gasteiger partial charge is 0.335 e. The third-order valence-electron chi connectivity index (χ3n) is 2.99. The highest BCUT2D eigenvalue weighted by atomic mass is 16.4. The molecule has 5 nitrogen and oxygen atoms in total. The van der Waals surface area contributed by atoms with Crippen LogP contribution in [0.4, 0.5) is 0 Å². The normalized spacial score (nSPS) is 19.1. The number of nitrogens with one attached hydrogen (secondary N) is 1. The molecule has 1 fully saturated rings. The Morgan fingerprint density at radius 1 is 1.47 bits per heavy atom. The molecule has 1 saturated heterocycles. The zero-order valence-corrected chi connectivity index (χ0v) is 10.0. The van der Waals surface area contributed by atoms with Gasteiger partial charge in [0, 0.05) is 25.7 Å². The fourth-order valence-corrected chi connectivity index (χ4v) is 2.00. The Hall–Kier alpha value is -1.62. The molecule has 0 radical (unpaired) electrons.